The summed E-state index contributed by atoms with van der Waals surface area (Å²) in [4.78, 5) is 9.10. The van der Waals surface area contributed by atoms with Crippen molar-refractivity contribution in [3.8, 4) is 0 Å². The number of ether oxygens (including phenoxy) is 2. The molecule has 3 heterocycles. The van der Waals surface area contributed by atoms with Gasteiger partial charge in [-0.25, -0.2) is 9.97 Å². The highest BCUT2D eigenvalue weighted by atomic mass is 16.6. The minimum atomic E-state index is 0.108. The Labute approximate surface area is 125 Å². The van der Waals surface area contributed by atoms with E-state index in [0.717, 1.165) is 49.8 Å². The van der Waals surface area contributed by atoms with E-state index in [0.29, 0.717) is 25.7 Å². The molecule has 0 unspecified atom stereocenters. The highest BCUT2D eigenvalue weighted by Gasteiger charge is 2.18. The zero-order valence-electron chi connectivity index (χ0n) is 12.6. The topological polar surface area (TPSA) is 68.3 Å². The Bertz CT molecular complexity index is 457. The van der Waals surface area contributed by atoms with Crippen LogP contribution < -0.4 is 10.6 Å². The van der Waals surface area contributed by atoms with E-state index in [4.69, 9.17) is 9.47 Å². The second-order valence-corrected chi connectivity index (χ2v) is 5.70. The Kier molecular flexibility index (Phi) is 5.00. The third kappa shape index (κ3) is 4.12. The quantitative estimate of drug-likeness (QED) is 0.865. The van der Waals surface area contributed by atoms with Gasteiger partial charge in [-0.15, -0.1) is 0 Å². The lowest BCUT2D eigenvalue weighted by Gasteiger charge is -2.24. The van der Waals surface area contributed by atoms with Gasteiger partial charge in [0.05, 0.1) is 25.9 Å². The van der Waals surface area contributed by atoms with Gasteiger partial charge in [0.25, 0.3) is 0 Å². The number of aromatic nitrogens is 2. The highest BCUT2D eigenvalue weighted by molar-refractivity contribution is 5.37. The van der Waals surface area contributed by atoms with Crippen LogP contribution in [-0.2, 0) is 9.47 Å². The van der Waals surface area contributed by atoms with E-state index < -0.39 is 0 Å². The molecule has 3 rings (SSSR count). The smallest absolute Gasteiger partial charge is 0.130 e. The van der Waals surface area contributed by atoms with Crippen LogP contribution in [0.25, 0.3) is 0 Å². The fourth-order valence-corrected chi connectivity index (χ4v) is 2.88. The molecule has 6 nitrogen and oxygen atoms in total. The van der Waals surface area contributed by atoms with Gasteiger partial charge in [0.1, 0.15) is 11.6 Å². The van der Waals surface area contributed by atoms with E-state index in [1.807, 2.05) is 6.92 Å². The number of hydrogen-bond donors (Lipinski definition) is 2. The summed E-state index contributed by atoms with van der Waals surface area (Å²) in [7, 11) is 0. The normalized spacial score (nSPS) is 24.0. The standard InChI is InChI=1S/C15H24N4O2/c1-11-18-14(12-2-4-16-5-3-12)8-15(19-11)17-9-13-10-20-6-7-21-13/h8,12-13,16H,2-7,9-10H2,1H3,(H,17,18,19)/t13-/m1/s1. The average Bonchev–Trinajstić information content (AvgIpc) is 2.54. The van der Waals surface area contributed by atoms with Crippen molar-refractivity contribution < 1.29 is 9.47 Å². The molecule has 2 saturated heterocycles. The van der Waals surface area contributed by atoms with E-state index >= 15 is 0 Å². The maximum Gasteiger partial charge on any atom is 0.130 e. The largest absolute Gasteiger partial charge is 0.376 e. The van der Waals surface area contributed by atoms with Crippen LogP contribution in [0.3, 0.4) is 0 Å². The van der Waals surface area contributed by atoms with Gasteiger partial charge in [-0.2, -0.15) is 0 Å². The summed E-state index contributed by atoms with van der Waals surface area (Å²) in [6.07, 6.45) is 2.40. The molecule has 1 aromatic rings. The molecule has 1 atom stereocenters. The van der Waals surface area contributed by atoms with Gasteiger partial charge in [0.15, 0.2) is 0 Å². The van der Waals surface area contributed by atoms with Gasteiger partial charge < -0.3 is 20.1 Å². The molecule has 6 heteroatoms. The molecule has 2 N–H and O–H groups in total. The maximum atomic E-state index is 5.64. The fourth-order valence-electron chi connectivity index (χ4n) is 2.88. The first-order chi connectivity index (χ1) is 10.3. The molecule has 116 valence electrons. The molecule has 1 aromatic heterocycles. The van der Waals surface area contributed by atoms with E-state index in [1.165, 1.54) is 0 Å². The number of anilines is 1. The predicted molar refractivity (Wildman–Crippen MR) is 80.7 cm³/mol. The third-order valence-corrected chi connectivity index (χ3v) is 4.01. The minimum Gasteiger partial charge on any atom is -0.376 e. The SMILES string of the molecule is Cc1nc(NC[C@@H]2COCCO2)cc(C2CCNCC2)n1. The molecule has 0 aliphatic carbocycles. The van der Waals surface area contributed by atoms with Gasteiger partial charge in [-0.05, 0) is 32.9 Å². The third-order valence-electron chi connectivity index (χ3n) is 4.01. The van der Waals surface area contributed by atoms with Gasteiger partial charge in [-0.1, -0.05) is 0 Å². The van der Waals surface area contributed by atoms with E-state index in [2.05, 4.69) is 26.7 Å². The van der Waals surface area contributed by atoms with Gasteiger partial charge in [0, 0.05) is 24.2 Å². The molecule has 0 saturated carbocycles. The number of hydrogen-bond acceptors (Lipinski definition) is 6. The van der Waals surface area contributed by atoms with Crippen molar-refractivity contribution in [2.24, 2.45) is 0 Å². The first-order valence-electron chi connectivity index (χ1n) is 7.81. The summed E-state index contributed by atoms with van der Waals surface area (Å²) in [5, 5.41) is 6.76. The number of nitrogens with zero attached hydrogens (tertiary/aromatic N) is 2. The second kappa shape index (κ2) is 7.15. The molecule has 0 radical (unpaired) electrons. The molecule has 2 aliphatic rings. The molecule has 0 bridgehead atoms. The summed E-state index contributed by atoms with van der Waals surface area (Å²) < 4.78 is 11.0. The lowest BCUT2D eigenvalue weighted by molar-refractivity contribution is -0.0819. The molecule has 0 aromatic carbocycles. The van der Waals surface area contributed by atoms with Crippen molar-refractivity contribution in [2.75, 3.05) is 44.8 Å². The van der Waals surface area contributed by atoms with Gasteiger partial charge >= 0.3 is 0 Å². The van der Waals surface area contributed by atoms with Crippen LogP contribution in [0.15, 0.2) is 6.07 Å². The van der Waals surface area contributed by atoms with Crippen LogP contribution >= 0.6 is 0 Å². The van der Waals surface area contributed by atoms with Crippen LogP contribution in [0, 0.1) is 6.92 Å². The molecule has 2 fully saturated rings. The Morgan fingerprint density at radius 3 is 2.90 bits per heavy atom. The molecular formula is C15H24N4O2. The lowest BCUT2D eigenvalue weighted by Crippen LogP contribution is -2.34. The van der Waals surface area contributed by atoms with E-state index in [-0.39, 0.29) is 6.10 Å². The summed E-state index contributed by atoms with van der Waals surface area (Å²) in [6.45, 7) is 6.85. The lowest BCUT2D eigenvalue weighted by atomic mass is 9.94. The summed E-state index contributed by atoms with van der Waals surface area (Å²) in [5.41, 5.74) is 1.16. The fraction of sp³-hybridized carbons (Fsp3) is 0.733. The van der Waals surface area contributed by atoms with Crippen molar-refractivity contribution >= 4 is 5.82 Å². The summed E-state index contributed by atoms with van der Waals surface area (Å²) in [5.74, 6) is 2.27. The second-order valence-electron chi connectivity index (χ2n) is 5.70. The van der Waals surface area contributed by atoms with Crippen molar-refractivity contribution in [3.63, 3.8) is 0 Å². The van der Waals surface area contributed by atoms with Gasteiger partial charge in [-0.3, -0.25) is 0 Å². The number of nitrogens with one attached hydrogen (secondary N) is 2. The monoisotopic (exact) mass is 292 g/mol. The predicted octanol–water partition coefficient (Wildman–Crippen LogP) is 1.08. The average molecular weight is 292 g/mol. The molecule has 0 amide bonds. The van der Waals surface area contributed by atoms with Gasteiger partial charge in [0.2, 0.25) is 0 Å². The summed E-state index contributed by atoms with van der Waals surface area (Å²) in [6, 6.07) is 2.09. The van der Waals surface area contributed by atoms with Crippen LogP contribution in [-0.4, -0.2) is 55.5 Å². The number of piperidine rings is 1. The first-order valence-corrected chi connectivity index (χ1v) is 7.81. The highest BCUT2D eigenvalue weighted by Crippen LogP contribution is 2.25. The Hall–Kier alpha value is -1.24. The van der Waals surface area contributed by atoms with Crippen LogP contribution in [0.5, 0.6) is 0 Å². The maximum absolute atomic E-state index is 5.64. The Morgan fingerprint density at radius 1 is 1.29 bits per heavy atom. The molecule has 21 heavy (non-hydrogen) atoms. The van der Waals surface area contributed by atoms with Crippen molar-refractivity contribution in [1.82, 2.24) is 15.3 Å². The Morgan fingerprint density at radius 2 is 2.14 bits per heavy atom. The molecular weight excluding hydrogens is 268 g/mol. The minimum absolute atomic E-state index is 0.108. The molecule has 0 spiro atoms. The Balaban J connectivity index is 1.62. The zero-order chi connectivity index (χ0) is 14.5. The number of aryl methyl sites for hydroxylation is 1. The molecule has 2 aliphatic heterocycles. The van der Waals surface area contributed by atoms with Crippen molar-refractivity contribution in [1.29, 1.82) is 0 Å². The van der Waals surface area contributed by atoms with Crippen molar-refractivity contribution in [3.05, 3.63) is 17.6 Å². The summed E-state index contributed by atoms with van der Waals surface area (Å²) >= 11 is 0. The van der Waals surface area contributed by atoms with Crippen LogP contribution in [0.1, 0.15) is 30.3 Å². The number of rotatable bonds is 4. The van der Waals surface area contributed by atoms with Crippen LogP contribution in [0.2, 0.25) is 0 Å². The first kappa shape index (κ1) is 14.7. The van der Waals surface area contributed by atoms with Crippen LogP contribution in [0.4, 0.5) is 5.82 Å². The van der Waals surface area contributed by atoms with E-state index in [9.17, 15) is 0 Å². The van der Waals surface area contributed by atoms with Crippen molar-refractivity contribution in [2.45, 2.75) is 31.8 Å². The zero-order valence-corrected chi connectivity index (χ0v) is 12.6. The van der Waals surface area contributed by atoms with E-state index in [1.54, 1.807) is 0 Å².